The Bertz CT molecular complexity index is 1010. The molecular formula is C16H16N4O3S2. The molecule has 2 aliphatic heterocycles. The number of sulfone groups is 1. The number of rotatable bonds is 2. The van der Waals surface area contributed by atoms with Crippen molar-refractivity contribution in [2.45, 2.75) is 18.2 Å². The molecule has 1 aromatic heterocycles. The molecule has 0 radical (unpaired) electrons. The monoisotopic (exact) mass is 376 g/mol. The summed E-state index contributed by atoms with van der Waals surface area (Å²) in [5, 5.41) is 7.42. The summed E-state index contributed by atoms with van der Waals surface area (Å²) in [5.74, 6) is -0.192. The summed E-state index contributed by atoms with van der Waals surface area (Å²) in [4.78, 5) is 18.6. The standard InChI is InChI=1S/C16H16N4O3S2/c1-10(21)19-16-20(14-8-25(22,23)9-15(14)24-16)18-7-11-6-17-13-5-3-2-4-12(11)13/h2-7,14-15,17H,8-9H2,1H3/b18-7-,19-16?/t14-,15-/m0/s1. The van der Waals surface area contributed by atoms with Gasteiger partial charge in [0.05, 0.1) is 29.0 Å². The van der Waals surface area contributed by atoms with Gasteiger partial charge in [-0.2, -0.15) is 10.1 Å². The molecule has 0 unspecified atom stereocenters. The molecular weight excluding hydrogens is 360 g/mol. The van der Waals surface area contributed by atoms with Gasteiger partial charge in [0.1, 0.15) is 0 Å². The zero-order valence-electron chi connectivity index (χ0n) is 13.4. The van der Waals surface area contributed by atoms with Crippen LogP contribution in [0.5, 0.6) is 0 Å². The Morgan fingerprint density at radius 3 is 2.96 bits per heavy atom. The number of fused-ring (bicyclic) bond motifs is 2. The number of para-hydroxylation sites is 1. The van der Waals surface area contributed by atoms with Crippen LogP contribution in [0.25, 0.3) is 10.9 Å². The van der Waals surface area contributed by atoms with Crippen LogP contribution in [0.4, 0.5) is 0 Å². The lowest BCUT2D eigenvalue weighted by molar-refractivity contribution is -0.115. The molecule has 2 atom stereocenters. The van der Waals surface area contributed by atoms with E-state index in [-0.39, 0.29) is 28.7 Å². The molecule has 2 aromatic rings. The van der Waals surface area contributed by atoms with Crippen molar-refractivity contribution in [1.82, 2.24) is 9.99 Å². The summed E-state index contributed by atoms with van der Waals surface area (Å²) in [6.07, 6.45) is 3.53. The number of carbonyl (C=O) groups is 1. The van der Waals surface area contributed by atoms with E-state index in [4.69, 9.17) is 0 Å². The third kappa shape index (κ3) is 3.09. The first-order valence-corrected chi connectivity index (χ1v) is 10.5. The Kier molecular flexibility index (Phi) is 3.92. The average Bonchev–Trinajstić information content (AvgIpc) is 3.16. The fraction of sp³-hybridized carbons (Fsp3) is 0.312. The molecule has 4 rings (SSSR count). The number of benzene rings is 1. The molecule has 0 saturated carbocycles. The van der Waals surface area contributed by atoms with Crippen molar-refractivity contribution < 1.29 is 13.2 Å². The summed E-state index contributed by atoms with van der Waals surface area (Å²) >= 11 is 1.32. The second-order valence-corrected chi connectivity index (χ2v) is 9.45. The predicted octanol–water partition coefficient (Wildman–Crippen LogP) is 1.62. The van der Waals surface area contributed by atoms with Crippen molar-refractivity contribution >= 4 is 49.8 Å². The van der Waals surface area contributed by atoms with Crippen molar-refractivity contribution in [1.29, 1.82) is 0 Å². The van der Waals surface area contributed by atoms with Gasteiger partial charge in [-0.1, -0.05) is 30.0 Å². The number of amides is 1. The van der Waals surface area contributed by atoms with E-state index in [1.807, 2.05) is 30.5 Å². The van der Waals surface area contributed by atoms with Crippen molar-refractivity contribution in [3.63, 3.8) is 0 Å². The molecule has 25 heavy (non-hydrogen) atoms. The van der Waals surface area contributed by atoms with Crippen LogP contribution in [0.3, 0.4) is 0 Å². The molecule has 2 fully saturated rings. The highest BCUT2D eigenvalue weighted by Gasteiger charge is 2.49. The fourth-order valence-electron chi connectivity index (χ4n) is 3.14. The SMILES string of the molecule is CC(=O)N=C1S[C@H]2CS(=O)(=O)C[C@@H]2N1/N=C\c1c[nH]c2ccccc12. The minimum absolute atomic E-state index is 0.0345. The number of amidine groups is 1. The molecule has 9 heteroatoms. The second-order valence-electron chi connectivity index (χ2n) is 6.09. The molecule has 2 saturated heterocycles. The quantitative estimate of drug-likeness (QED) is 0.804. The lowest BCUT2D eigenvalue weighted by Crippen LogP contribution is -2.33. The number of nitrogens with one attached hydrogen (secondary N) is 1. The first kappa shape index (κ1) is 16.3. The first-order valence-electron chi connectivity index (χ1n) is 7.79. The molecule has 0 bridgehead atoms. The number of aromatic amines is 1. The van der Waals surface area contributed by atoms with E-state index in [0.29, 0.717) is 5.17 Å². The number of aliphatic imine (C=N–C) groups is 1. The molecule has 7 nitrogen and oxygen atoms in total. The topological polar surface area (TPSA) is 95.0 Å². The van der Waals surface area contributed by atoms with Gasteiger partial charge in [-0.25, -0.2) is 13.4 Å². The third-order valence-corrected chi connectivity index (χ3v) is 7.43. The van der Waals surface area contributed by atoms with Gasteiger partial charge in [0.25, 0.3) is 0 Å². The second kappa shape index (κ2) is 5.99. The number of H-pyrrole nitrogens is 1. The molecule has 2 aliphatic rings. The van der Waals surface area contributed by atoms with Crippen LogP contribution in [0.2, 0.25) is 0 Å². The number of aromatic nitrogens is 1. The van der Waals surface area contributed by atoms with E-state index in [9.17, 15) is 13.2 Å². The van der Waals surface area contributed by atoms with Gasteiger partial charge in [-0.05, 0) is 6.07 Å². The number of nitrogens with zero attached hydrogens (tertiary/aromatic N) is 3. The molecule has 1 amide bonds. The zero-order chi connectivity index (χ0) is 17.6. The van der Waals surface area contributed by atoms with E-state index in [1.165, 1.54) is 18.7 Å². The lowest BCUT2D eigenvalue weighted by atomic mass is 10.2. The highest BCUT2D eigenvalue weighted by Crippen LogP contribution is 2.38. The van der Waals surface area contributed by atoms with Crippen LogP contribution in [0.15, 0.2) is 40.6 Å². The van der Waals surface area contributed by atoms with Gasteiger partial charge in [-0.3, -0.25) is 4.79 Å². The van der Waals surface area contributed by atoms with E-state index in [0.717, 1.165) is 16.5 Å². The highest BCUT2D eigenvalue weighted by molar-refractivity contribution is 8.15. The predicted molar refractivity (Wildman–Crippen MR) is 99.7 cm³/mol. The minimum Gasteiger partial charge on any atom is -0.361 e. The molecule has 0 aliphatic carbocycles. The Balaban J connectivity index is 1.69. The Morgan fingerprint density at radius 2 is 2.16 bits per heavy atom. The summed E-state index contributed by atoms with van der Waals surface area (Å²) < 4.78 is 23.8. The van der Waals surface area contributed by atoms with E-state index in [2.05, 4.69) is 15.1 Å². The summed E-state index contributed by atoms with van der Waals surface area (Å²) in [7, 11) is -3.08. The first-order chi connectivity index (χ1) is 11.9. The highest BCUT2D eigenvalue weighted by atomic mass is 32.2. The molecule has 1 N–H and O–H groups in total. The summed E-state index contributed by atoms with van der Waals surface area (Å²) in [6.45, 7) is 1.37. The number of hydrogen-bond acceptors (Lipinski definition) is 5. The number of hydrazone groups is 1. The molecule has 0 spiro atoms. The van der Waals surface area contributed by atoms with E-state index < -0.39 is 9.84 Å². The normalized spacial score (nSPS) is 26.8. The summed E-state index contributed by atoms with van der Waals surface area (Å²) in [5.41, 5.74) is 1.89. The molecule has 1 aromatic carbocycles. The molecule has 130 valence electrons. The third-order valence-electron chi connectivity index (χ3n) is 4.23. The Labute approximate surface area is 149 Å². The average molecular weight is 376 g/mol. The van der Waals surface area contributed by atoms with E-state index >= 15 is 0 Å². The van der Waals surface area contributed by atoms with Crippen LogP contribution >= 0.6 is 11.8 Å². The van der Waals surface area contributed by atoms with Crippen LogP contribution < -0.4 is 0 Å². The smallest absolute Gasteiger partial charge is 0.245 e. The van der Waals surface area contributed by atoms with Crippen molar-refractivity contribution in [2.75, 3.05) is 11.5 Å². The summed E-state index contributed by atoms with van der Waals surface area (Å²) in [6, 6.07) is 7.57. The Morgan fingerprint density at radius 1 is 1.36 bits per heavy atom. The zero-order valence-corrected chi connectivity index (χ0v) is 15.0. The van der Waals surface area contributed by atoms with Crippen LogP contribution in [0.1, 0.15) is 12.5 Å². The van der Waals surface area contributed by atoms with Crippen molar-refractivity contribution in [3.05, 3.63) is 36.0 Å². The maximum Gasteiger partial charge on any atom is 0.245 e. The molecule has 3 heterocycles. The minimum atomic E-state index is -3.08. The van der Waals surface area contributed by atoms with E-state index in [1.54, 1.807) is 11.2 Å². The number of carbonyl (C=O) groups excluding carboxylic acids is 1. The van der Waals surface area contributed by atoms with Crippen LogP contribution in [-0.2, 0) is 14.6 Å². The lowest BCUT2D eigenvalue weighted by Gasteiger charge is -2.17. The largest absolute Gasteiger partial charge is 0.361 e. The van der Waals surface area contributed by atoms with Crippen LogP contribution in [-0.4, -0.2) is 58.5 Å². The maximum absolute atomic E-state index is 11.9. The number of hydrogen-bond donors (Lipinski definition) is 1. The van der Waals surface area contributed by atoms with Crippen LogP contribution in [0, 0.1) is 0 Å². The Hall–Kier alpha value is -2.13. The van der Waals surface area contributed by atoms with Crippen molar-refractivity contribution in [3.8, 4) is 0 Å². The van der Waals surface area contributed by atoms with Gasteiger partial charge < -0.3 is 4.98 Å². The van der Waals surface area contributed by atoms with Gasteiger partial charge in [0, 0.05) is 29.6 Å². The van der Waals surface area contributed by atoms with Gasteiger partial charge in [-0.15, -0.1) is 0 Å². The van der Waals surface area contributed by atoms with Gasteiger partial charge in [0.15, 0.2) is 15.0 Å². The maximum atomic E-state index is 11.9. The van der Waals surface area contributed by atoms with Gasteiger partial charge >= 0.3 is 0 Å². The van der Waals surface area contributed by atoms with Gasteiger partial charge in [0.2, 0.25) is 5.91 Å². The fourth-order valence-corrected chi connectivity index (χ4v) is 7.02. The number of thioether (sulfide) groups is 1. The van der Waals surface area contributed by atoms with Crippen molar-refractivity contribution in [2.24, 2.45) is 10.1 Å².